The summed E-state index contributed by atoms with van der Waals surface area (Å²) < 4.78 is 0. The largest absolute Gasteiger partial charge is 0.0922 e. The van der Waals surface area contributed by atoms with Crippen molar-refractivity contribution in [2.45, 2.75) is 34.1 Å². The molecular weight excluding hydrogens is 176 g/mol. The third-order valence-electron chi connectivity index (χ3n) is 2.51. The monoisotopic (exact) mass is 192 g/mol. The van der Waals surface area contributed by atoms with Crippen LogP contribution in [0.1, 0.15) is 34.1 Å². The second kappa shape index (κ2) is 3.60. The third kappa shape index (κ3) is 2.29. The summed E-state index contributed by atoms with van der Waals surface area (Å²) in [6, 6.07) is 0. The molecule has 0 aromatic heterocycles. The van der Waals surface area contributed by atoms with Crippen LogP contribution in [0.2, 0.25) is 0 Å². The Labute approximate surface area is 67.2 Å². The van der Waals surface area contributed by atoms with E-state index in [1.165, 1.54) is 6.42 Å². The highest BCUT2D eigenvalue weighted by molar-refractivity contribution is 9.09. The second-order valence-corrected chi connectivity index (χ2v) is 3.86. The van der Waals surface area contributed by atoms with Crippen molar-refractivity contribution in [3.05, 3.63) is 0 Å². The smallest absolute Gasteiger partial charge is 0.00876 e. The quantitative estimate of drug-likeness (QED) is 0.602. The van der Waals surface area contributed by atoms with Crippen LogP contribution in [0, 0.1) is 11.3 Å². The van der Waals surface area contributed by atoms with Crippen LogP contribution in [0.3, 0.4) is 0 Å². The molecule has 0 aliphatic carbocycles. The van der Waals surface area contributed by atoms with Crippen molar-refractivity contribution in [1.82, 2.24) is 0 Å². The van der Waals surface area contributed by atoms with Crippen molar-refractivity contribution >= 4 is 15.9 Å². The molecule has 0 aliphatic rings. The lowest BCUT2D eigenvalue weighted by Gasteiger charge is -2.30. The Balaban J connectivity index is 3.92. The third-order valence-corrected chi connectivity index (χ3v) is 3.79. The Morgan fingerprint density at radius 2 is 1.89 bits per heavy atom. The van der Waals surface area contributed by atoms with Crippen LogP contribution >= 0.6 is 15.9 Å². The van der Waals surface area contributed by atoms with Crippen LogP contribution in [0.4, 0.5) is 0 Å². The maximum Gasteiger partial charge on any atom is 0.00876 e. The highest BCUT2D eigenvalue weighted by Gasteiger charge is 2.23. The molecule has 0 fully saturated rings. The number of rotatable bonds is 3. The SMILES string of the molecule is CCC(C)(CBr)C(C)C. The molecule has 0 saturated carbocycles. The van der Waals surface area contributed by atoms with Crippen LogP contribution in [-0.4, -0.2) is 5.33 Å². The molecule has 0 heterocycles. The van der Waals surface area contributed by atoms with Crippen molar-refractivity contribution in [3.8, 4) is 0 Å². The first-order valence-corrected chi connectivity index (χ1v) is 4.75. The van der Waals surface area contributed by atoms with E-state index < -0.39 is 0 Å². The van der Waals surface area contributed by atoms with Crippen LogP contribution in [-0.2, 0) is 0 Å². The molecule has 1 unspecified atom stereocenters. The van der Waals surface area contributed by atoms with Crippen LogP contribution in [0.15, 0.2) is 0 Å². The molecule has 0 saturated heterocycles. The Kier molecular flexibility index (Phi) is 3.79. The highest BCUT2D eigenvalue weighted by Crippen LogP contribution is 2.32. The average molecular weight is 193 g/mol. The molecule has 56 valence electrons. The summed E-state index contributed by atoms with van der Waals surface area (Å²) in [6.45, 7) is 9.14. The summed E-state index contributed by atoms with van der Waals surface area (Å²) >= 11 is 3.53. The molecule has 0 aliphatic heterocycles. The van der Waals surface area contributed by atoms with Crippen molar-refractivity contribution in [2.75, 3.05) is 5.33 Å². The molecule has 0 aromatic rings. The van der Waals surface area contributed by atoms with Gasteiger partial charge in [0, 0.05) is 5.33 Å². The van der Waals surface area contributed by atoms with Gasteiger partial charge in [0.2, 0.25) is 0 Å². The van der Waals surface area contributed by atoms with Gasteiger partial charge in [0.25, 0.3) is 0 Å². The molecule has 0 spiro atoms. The highest BCUT2D eigenvalue weighted by atomic mass is 79.9. The van der Waals surface area contributed by atoms with Crippen molar-refractivity contribution in [2.24, 2.45) is 11.3 Å². The fraction of sp³-hybridized carbons (Fsp3) is 1.00. The van der Waals surface area contributed by atoms with E-state index in [1.54, 1.807) is 0 Å². The zero-order chi connectivity index (χ0) is 7.49. The molecule has 0 bridgehead atoms. The van der Waals surface area contributed by atoms with E-state index in [2.05, 4.69) is 43.6 Å². The predicted molar refractivity (Wildman–Crippen MR) is 47.0 cm³/mol. The Morgan fingerprint density at radius 3 is 1.89 bits per heavy atom. The number of halogens is 1. The molecule has 1 heteroatoms. The zero-order valence-corrected chi connectivity index (χ0v) is 8.46. The number of hydrogen-bond donors (Lipinski definition) is 0. The first kappa shape index (κ1) is 9.48. The van der Waals surface area contributed by atoms with Crippen LogP contribution in [0.25, 0.3) is 0 Å². The van der Waals surface area contributed by atoms with Gasteiger partial charge >= 0.3 is 0 Å². The summed E-state index contributed by atoms with van der Waals surface area (Å²) in [6.07, 6.45) is 1.26. The van der Waals surface area contributed by atoms with Crippen LogP contribution in [0.5, 0.6) is 0 Å². The van der Waals surface area contributed by atoms with Gasteiger partial charge in [0.1, 0.15) is 0 Å². The summed E-state index contributed by atoms with van der Waals surface area (Å²) in [5, 5.41) is 1.12. The van der Waals surface area contributed by atoms with Gasteiger partial charge in [-0.05, 0) is 17.8 Å². The van der Waals surface area contributed by atoms with Gasteiger partial charge in [-0.1, -0.05) is 43.6 Å². The average Bonchev–Trinajstić information content (AvgIpc) is 1.86. The predicted octanol–water partition coefficient (Wildman–Crippen LogP) is 3.45. The lowest BCUT2D eigenvalue weighted by Crippen LogP contribution is -2.23. The van der Waals surface area contributed by atoms with Gasteiger partial charge in [-0.3, -0.25) is 0 Å². The van der Waals surface area contributed by atoms with Gasteiger partial charge in [0.05, 0.1) is 0 Å². The van der Waals surface area contributed by atoms with Gasteiger partial charge in [0.15, 0.2) is 0 Å². The summed E-state index contributed by atoms with van der Waals surface area (Å²) in [7, 11) is 0. The number of alkyl halides is 1. The molecule has 0 aromatic carbocycles. The summed E-state index contributed by atoms with van der Waals surface area (Å²) in [5.74, 6) is 0.780. The molecule has 0 N–H and O–H groups in total. The van der Waals surface area contributed by atoms with E-state index >= 15 is 0 Å². The zero-order valence-electron chi connectivity index (χ0n) is 6.87. The van der Waals surface area contributed by atoms with Gasteiger partial charge < -0.3 is 0 Å². The topological polar surface area (TPSA) is 0 Å². The standard InChI is InChI=1S/C8H17Br/c1-5-8(4,6-9)7(2)3/h7H,5-6H2,1-4H3. The Hall–Kier alpha value is 0.480. The van der Waals surface area contributed by atoms with E-state index in [0.29, 0.717) is 5.41 Å². The van der Waals surface area contributed by atoms with Crippen molar-refractivity contribution < 1.29 is 0 Å². The summed E-state index contributed by atoms with van der Waals surface area (Å²) in [5.41, 5.74) is 0.500. The molecule has 9 heavy (non-hydrogen) atoms. The van der Waals surface area contributed by atoms with Gasteiger partial charge in [-0.2, -0.15) is 0 Å². The van der Waals surface area contributed by atoms with E-state index in [4.69, 9.17) is 0 Å². The Bertz CT molecular complexity index is 72.6. The van der Waals surface area contributed by atoms with E-state index in [1.807, 2.05) is 0 Å². The van der Waals surface area contributed by atoms with Crippen molar-refractivity contribution in [1.29, 1.82) is 0 Å². The minimum Gasteiger partial charge on any atom is -0.0922 e. The molecule has 0 nitrogen and oxygen atoms in total. The van der Waals surface area contributed by atoms with E-state index in [9.17, 15) is 0 Å². The second-order valence-electron chi connectivity index (χ2n) is 3.30. The fourth-order valence-corrected chi connectivity index (χ4v) is 1.70. The molecule has 1 atom stereocenters. The van der Waals surface area contributed by atoms with Gasteiger partial charge in [-0.25, -0.2) is 0 Å². The maximum atomic E-state index is 3.53. The lowest BCUT2D eigenvalue weighted by molar-refractivity contribution is 0.250. The van der Waals surface area contributed by atoms with Crippen molar-refractivity contribution in [3.63, 3.8) is 0 Å². The molecule has 0 rings (SSSR count). The Morgan fingerprint density at radius 1 is 1.44 bits per heavy atom. The lowest BCUT2D eigenvalue weighted by atomic mass is 9.79. The number of hydrogen-bond acceptors (Lipinski definition) is 0. The van der Waals surface area contributed by atoms with E-state index in [-0.39, 0.29) is 0 Å². The fourth-order valence-electron chi connectivity index (χ4n) is 0.657. The minimum atomic E-state index is 0.500. The minimum absolute atomic E-state index is 0.500. The molecule has 0 radical (unpaired) electrons. The molecule has 0 amide bonds. The first-order valence-electron chi connectivity index (χ1n) is 3.62. The first-order chi connectivity index (χ1) is 4.06. The molecular formula is C8H17Br. The van der Waals surface area contributed by atoms with E-state index in [0.717, 1.165) is 11.2 Å². The van der Waals surface area contributed by atoms with Gasteiger partial charge in [-0.15, -0.1) is 0 Å². The van der Waals surface area contributed by atoms with Crippen LogP contribution < -0.4 is 0 Å². The summed E-state index contributed by atoms with van der Waals surface area (Å²) in [4.78, 5) is 0. The normalized spacial score (nSPS) is 18.0. The maximum absolute atomic E-state index is 3.53.